The van der Waals surface area contributed by atoms with Crippen molar-refractivity contribution < 1.29 is 0 Å². The number of rotatable bonds is 7. The van der Waals surface area contributed by atoms with E-state index in [1.54, 1.807) is 0 Å². The van der Waals surface area contributed by atoms with E-state index in [9.17, 15) is 0 Å². The van der Waals surface area contributed by atoms with Gasteiger partial charge in [0.25, 0.3) is 0 Å². The molecule has 0 aliphatic rings. The molecule has 0 atom stereocenters. The van der Waals surface area contributed by atoms with Crippen LogP contribution in [0.15, 0.2) is 30.3 Å². The van der Waals surface area contributed by atoms with Crippen LogP contribution in [0.4, 0.5) is 0 Å². The van der Waals surface area contributed by atoms with E-state index in [0.29, 0.717) is 0 Å². The fourth-order valence-electron chi connectivity index (χ4n) is 1.51. The molecule has 17 heavy (non-hydrogen) atoms. The molecule has 1 rings (SSSR count). The van der Waals surface area contributed by atoms with Gasteiger partial charge in [0.1, 0.15) is 0 Å². The second kappa shape index (κ2) is 13.2. The van der Waals surface area contributed by atoms with Gasteiger partial charge in [0, 0.05) is 0 Å². The number of hydrogen-bond donors (Lipinski definition) is 2. The van der Waals surface area contributed by atoms with Crippen molar-refractivity contribution in [1.82, 2.24) is 0 Å². The molecule has 2 nitrogen and oxygen atoms in total. The van der Waals surface area contributed by atoms with Gasteiger partial charge in [0.15, 0.2) is 0 Å². The highest BCUT2D eigenvalue weighted by molar-refractivity contribution is 5.14. The largest absolute Gasteiger partial charge is 0.330 e. The Hall–Kier alpha value is -0.860. The van der Waals surface area contributed by atoms with Gasteiger partial charge in [-0.15, -0.1) is 0 Å². The highest BCUT2D eigenvalue weighted by Crippen LogP contribution is 2.03. The van der Waals surface area contributed by atoms with Crippen LogP contribution in [0.2, 0.25) is 0 Å². The third-order valence-corrected chi connectivity index (χ3v) is 2.57. The Morgan fingerprint density at radius 1 is 0.824 bits per heavy atom. The molecule has 1 aromatic carbocycles. The molecule has 0 aliphatic carbocycles. The molecule has 0 fully saturated rings. The standard InChI is InChI=1S/C10H15N.C5H13N/c11-9-5-4-8-10-6-2-1-3-7-10;1-2-3-4-5-6/h1-3,6-7H,4-5,8-9,11H2;2-6H2,1H3. The van der Waals surface area contributed by atoms with Gasteiger partial charge in [0.05, 0.1) is 0 Å². The lowest BCUT2D eigenvalue weighted by molar-refractivity contribution is 0.727. The number of nitrogens with two attached hydrogens (primary N) is 2. The monoisotopic (exact) mass is 236 g/mol. The maximum Gasteiger partial charge on any atom is -0.00772 e. The molecular formula is C15H28N2. The van der Waals surface area contributed by atoms with Crippen molar-refractivity contribution in [2.24, 2.45) is 11.5 Å². The topological polar surface area (TPSA) is 52.0 Å². The zero-order valence-electron chi connectivity index (χ0n) is 11.2. The maximum atomic E-state index is 5.39. The molecule has 98 valence electrons. The van der Waals surface area contributed by atoms with Crippen LogP contribution < -0.4 is 11.5 Å². The summed E-state index contributed by atoms with van der Waals surface area (Å²) in [7, 11) is 0. The fraction of sp³-hybridized carbons (Fsp3) is 0.600. The zero-order chi connectivity index (χ0) is 12.8. The van der Waals surface area contributed by atoms with Crippen molar-refractivity contribution in [3.8, 4) is 0 Å². The van der Waals surface area contributed by atoms with Crippen LogP contribution in [0.1, 0.15) is 44.6 Å². The van der Waals surface area contributed by atoms with Crippen molar-refractivity contribution in [2.45, 2.75) is 45.4 Å². The van der Waals surface area contributed by atoms with Crippen LogP contribution in [-0.2, 0) is 6.42 Å². The molecule has 2 heteroatoms. The van der Waals surface area contributed by atoms with Gasteiger partial charge in [0.2, 0.25) is 0 Å². The molecule has 0 unspecified atom stereocenters. The second-order valence-electron chi connectivity index (χ2n) is 4.23. The summed E-state index contributed by atoms with van der Waals surface area (Å²) in [4.78, 5) is 0. The summed E-state index contributed by atoms with van der Waals surface area (Å²) in [5, 5.41) is 0. The Bertz CT molecular complexity index is 230. The van der Waals surface area contributed by atoms with E-state index in [0.717, 1.165) is 25.9 Å². The van der Waals surface area contributed by atoms with Crippen molar-refractivity contribution in [3.05, 3.63) is 35.9 Å². The van der Waals surface area contributed by atoms with Crippen molar-refractivity contribution in [3.63, 3.8) is 0 Å². The lowest BCUT2D eigenvalue weighted by Crippen LogP contribution is -1.98. The molecule has 0 spiro atoms. The Morgan fingerprint density at radius 2 is 1.41 bits per heavy atom. The average molecular weight is 236 g/mol. The molecule has 4 N–H and O–H groups in total. The molecule has 0 saturated carbocycles. The Kier molecular flexibility index (Phi) is 12.5. The van der Waals surface area contributed by atoms with Crippen LogP contribution in [0.25, 0.3) is 0 Å². The van der Waals surface area contributed by atoms with Gasteiger partial charge in [-0.1, -0.05) is 50.1 Å². The smallest absolute Gasteiger partial charge is 0.00772 e. The minimum Gasteiger partial charge on any atom is -0.330 e. The summed E-state index contributed by atoms with van der Waals surface area (Å²) in [6.45, 7) is 3.84. The van der Waals surface area contributed by atoms with E-state index in [4.69, 9.17) is 11.5 Å². The third-order valence-electron chi connectivity index (χ3n) is 2.57. The Balaban J connectivity index is 0.000000366. The fourth-order valence-corrected chi connectivity index (χ4v) is 1.51. The van der Waals surface area contributed by atoms with E-state index in [-0.39, 0.29) is 0 Å². The minimum absolute atomic E-state index is 0.812. The SMILES string of the molecule is CCCCCN.NCCCCc1ccccc1. The first-order valence-electron chi connectivity index (χ1n) is 6.79. The molecule has 1 aromatic rings. The van der Waals surface area contributed by atoms with Gasteiger partial charge in [-0.25, -0.2) is 0 Å². The van der Waals surface area contributed by atoms with Gasteiger partial charge in [-0.3, -0.25) is 0 Å². The van der Waals surface area contributed by atoms with Crippen LogP contribution in [-0.4, -0.2) is 13.1 Å². The van der Waals surface area contributed by atoms with Crippen LogP contribution in [0.5, 0.6) is 0 Å². The lowest BCUT2D eigenvalue weighted by atomic mass is 10.1. The van der Waals surface area contributed by atoms with Crippen molar-refractivity contribution >= 4 is 0 Å². The van der Waals surface area contributed by atoms with Gasteiger partial charge in [-0.2, -0.15) is 0 Å². The predicted octanol–water partition coefficient (Wildman–Crippen LogP) is 3.10. The first kappa shape index (κ1) is 16.1. The Morgan fingerprint density at radius 3 is 1.88 bits per heavy atom. The molecule has 0 aromatic heterocycles. The highest BCUT2D eigenvalue weighted by atomic mass is 14.5. The zero-order valence-corrected chi connectivity index (χ0v) is 11.2. The van der Waals surface area contributed by atoms with Crippen molar-refractivity contribution in [2.75, 3.05) is 13.1 Å². The predicted molar refractivity (Wildman–Crippen MR) is 77.0 cm³/mol. The van der Waals surface area contributed by atoms with E-state index in [1.165, 1.54) is 31.2 Å². The summed E-state index contributed by atoms with van der Waals surface area (Å²) in [6.07, 6.45) is 7.26. The first-order chi connectivity index (χ1) is 8.35. The van der Waals surface area contributed by atoms with E-state index >= 15 is 0 Å². The van der Waals surface area contributed by atoms with Crippen molar-refractivity contribution in [1.29, 1.82) is 0 Å². The van der Waals surface area contributed by atoms with Gasteiger partial charge >= 0.3 is 0 Å². The summed E-state index contributed by atoms with van der Waals surface area (Å²) in [5.41, 5.74) is 12.0. The van der Waals surface area contributed by atoms with Crippen LogP contribution in [0, 0.1) is 0 Å². The second-order valence-corrected chi connectivity index (χ2v) is 4.23. The van der Waals surface area contributed by atoms with Gasteiger partial charge < -0.3 is 11.5 Å². The first-order valence-corrected chi connectivity index (χ1v) is 6.79. The maximum absolute atomic E-state index is 5.39. The van der Waals surface area contributed by atoms with E-state index in [1.807, 2.05) is 6.07 Å². The van der Waals surface area contributed by atoms with Crippen LogP contribution >= 0.6 is 0 Å². The summed E-state index contributed by atoms with van der Waals surface area (Å²) < 4.78 is 0. The lowest BCUT2D eigenvalue weighted by Gasteiger charge is -1.98. The Labute approximate surface area is 106 Å². The number of hydrogen-bond acceptors (Lipinski definition) is 2. The molecule has 0 saturated heterocycles. The molecule has 0 bridgehead atoms. The molecule has 0 radical (unpaired) electrons. The highest BCUT2D eigenvalue weighted by Gasteiger charge is 1.89. The normalized spacial score (nSPS) is 9.59. The summed E-state index contributed by atoms with van der Waals surface area (Å²) >= 11 is 0. The van der Waals surface area contributed by atoms with Gasteiger partial charge in [-0.05, 0) is 44.3 Å². The summed E-state index contributed by atoms with van der Waals surface area (Å²) in [6, 6.07) is 10.5. The van der Waals surface area contributed by atoms with Crippen LogP contribution in [0.3, 0.4) is 0 Å². The molecule has 0 aliphatic heterocycles. The molecular weight excluding hydrogens is 208 g/mol. The summed E-state index contributed by atoms with van der Waals surface area (Å²) in [5.74, 6) is 0. The number of benzene rings is 1. The molecule has 0 heterocycles. The molecule has 0 amide bonds. The third kappa shape index (κ3) is 11.4. The van der Waals surface area contributed by atoms with E-state index < -0.39 is 0 Å². The average Bonchev–Trinajstić information content (AvgIpc) is 2.39. The number of aryl methyl sites for hydroxylation is 1. The number of unbranched alkanes of at least 4 members (excludes halogenated alkanes) is 3. The quantitative estimate of drug-likeness (QED) is 0.715. The van der Waals surface area contributed by atoms with E-state index in [2.05, 4.69) is 31.2 Å². The minimum atomic E-state index is 0.812.